The number of aromatic nitrogens is 2. The molecular formula is C54H91N15O9. The van der Waals surface area contributed by atoms with Crippen molar-refractivity contribution in [2.45, 2.75) is 187 Å². The summed E-state index contributed by atoms with van der Waals surface area (Å²) in [6, 6.07) is -1.27. The number of unbranched alkanes of at least 4 members (excludes halogenated alkanes) is 1. The third kappa shape index (κ3) is 25.5. The molecule has 10 atom stereocenters. The van der Waals surface area contributed by atoms with Gasteiger partial charge in [-0.25, -0.2) is 4.98 Å². The quantitative estimate of drug-likeness (QED) is 0.0183. The van der Waals surface area contributed by atoms with Gasteiger partial charge in [-0.05, 0) is 94.1 Å². The van der Waals surface area contributed by atoms with Gasteiger partial charge in [0.15, 0.2) is 5.96 Å². The zero-order valence-electron chi connectivity index (χ0n) is 47.2. The zero-order valence-corrected chi connectivity index (χ0v) is 47.2. The van der Waals surface area contributed by atoms with E-state index in [1.807, 2.05) is 55.4 Å². The number of H-pyrrole nitrogens is 1. The molecule has 0 bridgehead atoms. The van der Waals surface area contributed by atoms with Crippen molar-refractivity contribution in [1.29, 1.82) is 0 Å². The number of carbonyl (C=O) groups excluding carboxylic acids is 9. The zero-order chi connectivity index (χ0) is 58.5. The van der Waals surface area contributed by atoms with Crippen LogP contribution in [0.25, 0.3) is 0 Å². The Morgan fingerprint density at radius 3 is 1.58 bits per heavy atom. The van der Waals surface area contributed by atoms with Gasteiger partial charge in [0.25, 0.3) is 0 Å². The molecule has 1 heterocycles. The highest BCUT2D eigenvalue weighted by atomic mass is 16.2. The average molecular weight is 1090 g/mol. The summed E-state index contributed by atoms with van der Waals surface area (Å²) < 4.78 is 0. The average Bonchev–Trinajstić information content (AvgIpc) is 3.90. The molecule has 0 radical (unpaired) electrons. The lowest BCUT2D eigenvalue weighted by Crippen LogP contribution is -2.60. The Kier molecular flexibility index (Phi) is 30.5. The first-order valence-corrected chi connectivity index (χ1v) is 27.3. The van der Waals surface area contributed by atoms with Crippen molar-refractivity contribution in [2.24, 2.45) is 51.6 Å². The molecule has 0 saturated heterocycles. The summed E-state index contributed by atoms with van der Waals surface area (Å²) >= 11 is 0. The molecule has 2 aromatic rings. The molecule has 0 spiro atoms. The molecule has 24 heteroatoms. The molecule has 0 aliphatic heterocycles. The van der Waals surface area contributed by atoms with Gasteiger partial charge in [-0.1, -0.05) is 92.1 Å². The van der Waals surface area contributed by atoms with Crippen molar-refractivity contribution < 1.29 is 43.2 Å². The van der Waals surface area contributed by atoms with E-state index in [0.29, 0.717) is 49.8 Å². The van der Waals surface area contributed by atoms with Crippen molar-refractivity contribution in [3.8, 4) is 0 Å². The molecule has 24 nitrogen and oxygen atoms in total. The fourth-order valence-corrected chi connectivity index (χ4v) is 8.31. The van der Waals surface area contributed by atoms with Crippen molar-refractivity contribution in [2.75, 3.05) is 13.1 Å². The van der Waals surface area contributed by atoms with Gasteiger partial charge in [0.05, 0.1) is 18.4 Å². The lowest BCUT2D eigenvalue weighted by molar-refractivity contribution is -0.136. The van der Waals surface area contributed by atoms with Gasteiger partial charge in [-0.2, -0.15) is 0 Å². The molecule has 0 unspecified atom stereocenters. The molecule has 0 fully saturated rings. The van der Waals surface area contributed by atoms with Gasteiger partial charge >= 0.3 is 0 Å². The van der Waals surface area contributed by atoms with Crippen LogP contribution in [0.15, 0.2) is 47.8 Å². The smallest absolute Gasteiger partial charge is 0.243 e. The summed E-state index contributed by atoms with van der Waals surface area (Å²) in [6.45, 7) is 16.9. The molecule has 8 amide bonds. The summed E-state index contributed by atoms with van der Waals surface area (Å²) in [7, 11) is 0. The number of hydrogen-bond donors (Lipinski definition) is 13. The van der Waals surface area contributed by atoms with Gasteiger partial charge in [0, 0.05) is 31.3 Å². The van der Waals surface area contributed by atoms with Crippen LogP contribution in [-0.4, -0.2) is 137 Å². The fraction of sp³-hybridized carbons (Fsp3) is 0.648. The highest BCUT2D eigenvalue weighted by molar-refractivity contribution is 5.98. The first-order valence-electron chi connectivity index (χ1n) is 27.3. The number of carbonyl (C=O) groups is 9. The van der Waals surface area contributed by atoms with Gasteiger partial charge in [-0.15, -0.1) is 0 Å². The van der Waals surface area contributed by atoms with Crippen LogP contribution < -0.4 is 65.5 Å². The molecule has 2 rings (SSSR count). The van der Waals surface area contributed by atoms with E-state index in [-0.39, 0.29) is 81.1 Å². The van der Waals surface area contributed by atoms with Crippen LogP contribution >= 0.6 is 0 Å². The summed E-state index contributed by atoms with van der Waals surface area (Å²) in [4.78, 5) is 135. The van der Waals surface area contributed by atoms with E-state index in [2.05, 4.69) is 57.5 Å². The first kappa shape index (κ1) is 67.2. The third-order valence-electron chi connectivity index (χ3n) is 12.9. The third-order valence-corrected chi connectivity index (χ3v) is 12.9. The number of amides is 8. The van der Waals surface area contributed by atoms with E-state index in [0.717, 1.165) is 0 Å². The molecule has 0 saturated carbocycles. The Labute approximate surface area is 459 Å². The van der Waals surface area contributed by atoms with E-state index < -0.39 is 102 Å². The molecule has 1 aromatic carbocycles. The summed E-state index contributed by atoms with van der Waals surface area (Å²) in [6.07, 6.45) is 6.07. The predicted molar refractivity (Wildman–Crippen MR) is 298 cm³/mol. The van der Waals surface area contributed by atoms with Gasteiger partial charge < -0.3 is 75.2 Å². The van der Waals surface area contributed by atoms with Crippen molar-refractivity contribution >= 4 is 59.5 Å². The van der Waals surface area contributed by atoms with Crippen LogP contribution in [-0.2, 0) is 56.0 Å². The predicted octanol–water partition coefficient (Wildman–Crippen LogP) is -0.0136. The van der Waals surface area contributed by atoms with Gasteiger partial charge in [0.2, 0.25) is 47.3 Å². The molecule has 17 N–H and O–H groups in total. The number of aromatic amines is 1. The molecule has 0 aliphatic rings. The number of rotatable bonds is 37. The van der Waals surface area contributed by atoms with Crippen LogP contribution in [0.1, 0.15) is 131 Å². The van der Waals surface area contributed by atoms with E-state index >= 15 is 0 Å². The number of imidazole rings is 1. The Bertz CT molecular complexity index is 2220. The minimum absolute atomic E-state index is 0.00848. The van der Waals surface area contributed by atoms with E-state index in [4.69, 9.17) is 22.9 Å². The number of benzene rings is 1. The lowest BCUT2D eigenvalue weighted by atomic mass is 9.97. The fourth-order valence-electron chi connectivity index (χ4n) is 8.31. The lowest BCUT2D eigenvalue weighted by Gasteiger charge is -2.28. The second kappa shape index (κ2) is 35.5. The number of hydrogen-bond acceptors (Lipinski definition) is 13. The Morgan fingerprint density at radius 2 is 1.06 bits per heavy atom. The number of aliphatic imine (C=N–C) groups is 1. The Hall–Kier alpha value is -6.95. The molecule has 1 aromatic heterocycles. The van der Waals surface area contributed by atoms with Crippen molar-refractivity contribution in [3.63, 3.8) is 0 Å². The molecule has 436 valence electrons. The second-order valence-corrected chi connectivity index (χ2v) is 21.4. The molecular weight excluding hydrogens is 1000 g/mol. The monoisotopic (exact) mass is 1090 g/mol. The van der Waals surface area contributed by atoms with E-state index in [9.17, 15) is 43.2 Å². The van der Waals surface area contributed by atoms with Gasteiger partial charge in [0.1, 0.15) is 48.6 Å². The number of nitrogens with zero attached hydrogens (tertiary/aromatic N) is 2. The topological polar surface area (TPSA) is 395 Å². The Balaban J connectivity index is 2.47. The van der Waals surface area contributed by atoms with Crippen LogP contribution in [0.4, 0.5) is 0 Å². The molecule has 78 heavy (non-hydrogen) atoms. The van der Waals surface area contributed by atoms with Crippen molar-refractivity contribution in [1.82, 2.24) is 52.5 Å². The Morgan fingerprint density at radius 1 is 0.590 bits per heavy atom. The maximum Gasteiger partial charge on any atom is 0.243 e. The van der Waals surface area contributed by atoms with Gasteiger partial charge in [-0.3, -0.25) is 43.3 Å². The highest BCUT2D eigenvalue weighted by Crippen LogP contribution is 2.14. The summed E-state index contributed by atoms with van der Waals surface area (Å²) in [5.74, 6) is -5.82. The van der Waals surface area contributed by atoms with Crippen LogP contribution in [0.3, 0.4) is 0 Å². The number of aldehydes is 1. The van der Waals surface area contributed by atoms with E-state index in [1.54, 1.807) is 30.3 Å². The van der Waals surface area contributed by atoms with Crippen LogP contribution in [0.2, 0.25) is 0 Å². The normalized spacial score (nSPS) is 15.2. The van der Waals surface area contributed by atoms with Crippen LogP contribution in [0.5, 0.6) is 0 Å². The maximum atomic E-state index is 14.6. The first-order chi connectivity index (χ1) is 36.9. The maximum absolute atomic E-state index is 14.6. The van der Waals surface area contributed by atoms with E-state index in [1.165, 1.54) is 19.4 Å². The number of nitrogens with two attached hydrogens (primary N) is 4. The largest absolute Gasteiger partial charge is 0.370 e. The number of guanidine groups is 1. The standard InChI is InChI=1S/C54H91N15O9/c1-10-34(8)45(56)53(78)69-41(24-32(4)5)49(74)62-35(9)46(71)64-39(19-14-15-21-55)48(73)67-43(26-36-17-12-11-13-18-36)51(76)66-42(25-33(6)7)50(75)68-44(27-37-28-59-30-61-37)52(77)65-40(20-16-22-60-54(57)58)47(72)63-38(29-70)23-31(2)3/h11-13,17-18,28-35,38-45H,10,14-16,19-27,55-56H2,1-9H3,(H,59,61)(H,62,74)(H,63,72)(H,64,71)(H,65,77)(H,66,76)(H,67,73)(H,68,75)(H,69,78)(H4,57,58,60)/t34-,35-,38-,39-,40-,41-,42-,43-,44-,45-/m0/s1. The minimum atomic E-state index is -1.33. The second-order valence-electron chi connectivity index (χ2n) is 21.4. The van der Waals surface area contributed by atoms with Crippen molar-refractivity contribution in [3.05, 3.63) is 54.1 Å². The molecule has 0 aliphatic carbocycles. The highest BCUT2D eigenvalue weighted by Gasteiger charge is 2.35. The van der Waals surface area contributed by atoms with Crippen LogP contribution in [0, 0.1) is 23.7 Å². The summed E-state index contributed by atoms with van der Waals surface area (Å²) in [5.41, 5.74) is 24.1. The SMILES string of the molecule is CC[C@H](C)[C@H](N)C(=O)N[C@@H](CC(C)C)C(=O)N[C@@H](C)C(=O)N[C@@H](CCCCN)C(=O)N[C@@H](Cc1ccccc1)C(=O)N[C@@H](CC(C)C)C(=O)N[C@@H](Cc1cnc[nH]1)C(=O)N[C@@H](CCCN=C(N)N)C(=O)N[C@H](C=O)CC(C)C. The summed E-state index contributed by atoms with van der Waals surface area (Å²) in [5, 5.41) is 22.0. The minimum Gasteiger partial charge on any atom is -0.370 e. The number of nitrogens with one attached hydrogen (secondary N) is 9.